The standard InChI is InChI=1S/C19H25N5O3S/c1-2-12-9-14(27-13-4-7-28(25,26)8-5-13)10-15(12)19-23-22-17-11-21-18-16(24(17)19)3-6-20-18/h3,6,11-15,20H,2,4-5,7-10H2,1H3/t12-,14-,15+/m1/s1. The Hall–Kier alpha value is -2.00. The molecule has 9 heteroatoms. The maximum Gasteiger partial charge on any atom is 0.179 e. The highest BCUT2D eigenvalue weighted by atomic mass is 32.2. The number of nitrogens with one attached hydrogen (secondary N) is 1. The van der Waals surface area contributed by atoms with Crippen molar-refractivity contribution in [2.75, 3.05) is 11.5 Å². The number of aromatic nitrogens is 5. The predicted octanol–water partition coefficient (Wildman–Crippen LogP) is 2.47. The zero-order valence-corrected chi connectivity index (χ0v) is 16.7. The average molecular weight is 404 g/mol. The van der Waals surface area contributed by atoms with Crippen molar-refractivity contribution in [1.29, 1.82) is 0 Å². The molecule has 3 aromatic rings. The van der Waals surface area contributed by atoms with Crippen LogP contribution in [-0.2, 0) is 14.6 Å². The Morgan fingerprint density at radius 3 is 2.82 bits per heavy atom. The monoisotopic (exact) mass is 403 g/mol. The predicted molar refractivity (Wildman–Crippen MR) is 105 cm³/mol. The van der Waals surface area contributed by atoms with Crippen molar-refractivity contribution in [2.45, 2.75) is 57.2 Å². The summed E-state index contributed by atoms with van der Waals surface area (Å²) in [5.41, 5.74) is 2.59. The largest absolute Gasteiger partial charge is 0.375 e. The van der Waals surface area contributed by atoms with Gasteiger partial charge in [0.25, 0.3) is 0 Å². The van der Waals surface area contributed by atoms with E-state index in [9.17, 15) is 8.42 Å². The minimum absolute atomic E-state index is 0.0560. The van der Waals surface area contributed by atoms with E-state index in [-0.39, 0.29) is 29.6 Å². The summed E-state index contributed by atoms with van der Waals surface area (Å²) in [4.78, 5) is 7.55. The molecule has 150 valence electrons. The van der Waals surface area contributed by atoms with Crippen LogP contribution in [0.4, 0.5) is 0 Å². The van der Waals surface area contributed by atoms with Crippen LogP contribution >= 0.6 is 0 Å². The number of rotatable bonds is 4. The van der Waals surface area contributed by atoms with Gasteiger partial charge in [-0.05, 0) is 37.7 Å². The number of hydrogen-bond donors (Lipinski definition) is 1. The third-order valence-corrected chi connectivity index (χ3v) is 8.08. The fourth-order valence-electron chi connectivity index (χ4n) is 4.87. The molecular formula is C19H25N5O3S. The van der Waals surface area contributed by atoms with Gasteiger partial charge in [-0.25, -0.2) is 13.4 Å². The molecule has 5 rings (SSSR count). The van der Waals surface area contributed by atoms with Gasteiger partial charge in [0.2, 0.25) is 0 Å². The summed E-state index contributed by atoms with van der Waals surface area (Å²) in [6, 6.07) is 2.01. The van der Waals surface area contributed by atoms with Gasteiger partial charge in [0, 0.05) is 12.1 Å². The van der Waals surface area contributed by atoms with Crippen LogP contribution in [0.15, 0.2) is 18.5 Å². The van der Waals surface area contributed by atoms with E-state index >= 15 is 0 Å². The Kier molecular flexibility index (Phi) is 4.39. The van der Waals surface area contributed by atoms with E-state index in [1.165, 1.54) is 0 Å². The first-order chi connectivity index (χ1) is 13.5. The van der Waals surface area contributed by atoms with Gasteiger partial charge in [-0.2, -0.15) is 0 Å². The molecule has 1 saturated heterocycles. The van der Waals surface area contributed by atoms with Crippen molar-refractivity contribution >= 4 is 26.6 Å². The highest BCUT2D eigenvalue weighted by Gasteiger charge is 2.39. The van der Waals surface area contributed by atoms with E-state index in [4.69, 9.17) is 4.74 Å². The highest BCUT2D eigenvalue weighted by molar-refractivity contribution is 7.91. The molecule has 3 atom stereocenters. The SMILES string of the molecule is CC[C@@H]1C[C@@H](OC2CCS(=O)(=O)CC2)C[C@@H]1c1nnc2cnc3[nH]ccc3n12. The lowest BCUT2D eigenvalue weighted by atomic mass is 9.93. The molecule has 0 bridgehead atoms. The fraction of sp³-hybridized carbons (Fsp3) is 0.632. The van der Waals surface area contributed by atoms with Gasteiger partial charge in [0.15, 0.2) is 21.1 Å². The molecular weight excluding hydrogens is 378 g/mol. The molecule has 0 radical (unpaired) electrons. The molecule has 0 aromatic carbocycles. The van der Waals surface area contributed by atoms with Crippen LogP contribution in [-0.4, -0.2) is 56.7 Å². The molecule has 3 aromatic heterocycles. The molecule has 2 fully saturated rings. The summed E-state index contributed by atoms with van der Waals surface area (Å²) in [5.74, 6) is 2.23. The minimum atomic E-state index is -2.86. The number of nitrogens with zero attached hydrogens (tertiary/aromatic N) is 4. The van der Waals surface area contributed by atoms with Crippen LogP contribution in [0.3, 0.4) is 0 Å². The van der Waals surface area contributed by atoms with Crippen molar-refractivity contribution in [2.24, 2.45) is 5.92 Å². The third-order valence-electron chi connectivity index (χ3n) is 6.36. The van der Waals surface area contributed by atoms with E-state index in [1.54, 1.807) is 6.20 Å². The second-order valence-electron chi connectivity index (χ2n) is 8.08. The van der Waals surface area contributed by atoms with E-state index in [2.05, 4.69) is 31.5 Å². The van der Waals surface area contributed by atoms with E-state index in [0.717, 1.165) is 41.9 Å². The lowest BCUT2D eigenvalue weighted by molar-refractivity contribution is -0.0148. The Balaban J connectivity index is 1.40. The molecule has 0 unspecified atom stereocenters. The topological polar surface area (TPSA) is 102 Å². The lowest BCUT2D eigenvalue weighted by Gasteiger charge is -2.25. The van der Waals surface area contributed by atoms with Gasteiger partial charge in [-0.1, -0.05) is 13.3 Å². The zero-order chi connectivity index (χ0) is 19.3. The molecule has 28 heavy (non-hydrogen) atoms. The third kappa shape index (κ3) is 3.10. The van der Waals surface area contributed by atoms with Gasteiger partial charge in [0.1, 0.15) is 5.82 Å². The summed E-state index contributed by atoms with van der Waals surface area (Å²) in [6.07, 6.45) is 8.01. The van der Waals surface area contributed by atoms with Gasteiger partial charge >= 0.3 is 0 Å². The van der Waals surface area contributed by atoms with Gasteiger partial charge in [-0.15, -0.1) is 10.2 Å². The molecule has 2 aliphatic rings. The van der Waals surface area contributed by atoms with Crippen molar-refractivity contribution < 1.29 is 13.2 Å². The summed E-state index contributed by atoms with van der Waals surface area (Å²) < 4.78 is 31.8. The number of ether oxygens (including phenoxy) is 1. The van der Waals surface area contributed by atoms with Crippen LogP contribution in [0.25, 0.3) is 16.8 Å². The van der Waals surface area contributed by atoms with Crippen molar-refractivity contribution in [1.82, 2.24) is 24.6 Å². The number of fused-ring (bicyclic) bond motifs is 3. The normalized spacial score (nSPS) is 28.4. The molecule has 0 spiro atoms. The number of hydrogen-bond acceptors (Lipinski definition) is 6. The van der Waals surface area contributed by atoms with E-state index < -0.39 is 9.84 Å². The maximum absolute atomic E-state index is 11.7. The smallest absolute Gasteiger partial charge is 0.179 e. The second-order valence-corrected chi connectivity index (χ2v) is 10.4. The van der Waals surface area contributed by atoms with Crippen LogP contribution in [0.1, 0.15) is 50.8 Å². The van der Waals surface area contributed by atoms with E-state index in [0.29, 0.717) is 18.8 Å². The molecule has 1 saturated carbocycles. The Morgan fingerprint density at radius 2 is 2.04 bits per heavy atom. The molecule has 1 aliphatic heterocycles. The van der Waals surface area contributed by atoms with Crippen LogP contribution in [0.5, 0.6) is 0 Å². The maximum atomic E-state index is 11.7. The first-order valence-electron chi connectivity index (χ1n) is 10.1. The van der Waals surface area contributed by atoms with Gasteiger partial charge in [0.05, 0.1) is 35.4 Å². The number of H-pyrrole nitrogens is 1. The summed E-state index contributed by atoms with van der Waals surface area (Å²) in [5, 5.41) is 8.88. The Labute approximate surface area is 163 Å². The lowest BCUT2D eigenvalue weighted by Crippen LogP contribution is -2.31. The first kappa shape index (κ1) is 18.1. The Morgan fingerprint density at radius 1 is 1.21 bits per heavy atom. The Bertz CT molecular complexity index is 1090. The van der Waals surface area contributed by atoms with Crippen molar-refractivity contribution in [3.63, 3.8) is 0 Å². The quantitative estimate of drug-likeness (QED) is 0.718. The molecule has 0 amide bonds. The van der Waals surface area contributed by atoms with Gasteiger partial charge < -0.3 is 9.72 Å². The number of sulfone groups is 1. The fourth-order valence-corrected chi connectivity index (χ4v) is 6.32. The number of aromatic amines is 1. The van der Waals surface area contributed by atoms with Crippen LogP contribution in [0, 0.1) is 5.92 Å². The van der Waals surface area contributed by atoms with Crippen molar-refractivity contribution in [3.05, 3.63) is 24.3 Å². The summed E-state index contributed by atoms with van der Waals surface area (Å²) in [6.45, 7) is 2.21. The van der Waals surface area contributed by atoms with Crippen LogP contribution < -0.4 is 0 Å². The molecule has 8 nitrogen and oxygen atoms in total. The molecule has 4 heterocycles. The summed E-state index contributed by atoms with van der Waals surface area (Å²) >= 11 is 0. The van der Waals surface area contributed by atoms with Crippen molar-refractivity contribution in [3.8, 4) is 0 Å². The van der Waals surface area contributed by atoms with E-state index in [1.807, 2.05) is 12.3 Å². The zero-order valence-electron chi connectivity index (χ0n) is 15.9. The second kappa shape index (κ2) is 6.81. The molecule has 1 N–H and O–H groups in total. The highest BCUT2D eigenvalue weighted by Crippen LogP contribution is 2.43. The van der Waals surface area contributed by atoms with Gasteiger partial charge in [-0.3, -0.25) is 4.40 Å². The average Bonchev–Trinajstić information content (AvgIpc) is 3.39. The first-order valence-corrected chi connectivity index (χ1v) is 11.9. The molecule has 1 aliphatic carbocycles. The van der Waals surface area contributed by atoms with Crippen LogP contribution in [0.2, 0.25) is 0 Å². The minimum Gasteiger partial charge on any atom is -0.375 e. The summed E-state index contributed by atoms with van der Waals surface area (Å²) in [7, 11) is -2.86.